The molecule has 8 heteroatoms. The number of piperazine rings is 1. The van der Waals surface area contributed by atoms with Gasteiger partial charge < -0.3 is 9.64 Å². The maximum absolute atomic E-state index is 12.7. The summed E-state index contributed by atoms with van der Waals surface area (Å²) in [6.45, 7) is 3.82. The van der Waals surface area contributed by atoms with E-state index in [-0.39, 0.29) is 23.9 Å². The zero-order chi connectivity index (χ0) is 20.9. The minimum absolute atomic E-state index is 0.0296. The monoisotopic (exact) mass is 436 g/mol. The van der Waals surface area contributed by atoms with Crippen molar-refractivity contribution >= 4 is 27.5 Å². The van der Waals surface area contributed by atoms with Crippen molar-refractivity contribution in [1.82, 2.24) is 9.21 Å². The van der Waals surface area contributed by atoms with Crippen LogP contribution in [0.1, 0.15) is 18.4 Å². The molecular formula is C21H25ClN2O4S. The summed E-state index contributed by atoms with van der Waals surface area (Å²) in [6.07, 6.45) is 1.01. The molecule has 0 unspecified atom stereocenters. The fraction of sp³-hybridized carbons (Fsp3) is 0.381. The largest absolute Gasteiger partial charge is 0.493 e. The minimum atomic E-state index is -3.57. The second-order valence-electron chi connectivity index (χ2n) is 6.96. The Morgan fingerprint density at radius 2 is 1.69 bits per heavy atom. The normalized spacial score (nSPS) is 15.3. The summed E-state index contributed by atoms with van der Waals surface area (Å²) in [6, 6.07) is 13.9. The van der Waals surface area contributed by atoms with Crippen LogP contribution >= 0.6 is 11.6 Å². The summed E-state index contributed by atoms with van der Waals surface area (Å²) in [5, 5.41) is 0.491. The summed E-state index contributed by atoms with van der Waals surface area (Å²) in [5.74, 6) is 0.864. The number of hydrogen-bond acceptors (Lipinski definition) is 4. The van der Waals surface area contributed by atoms with Gasteiger partial charge >= 0.3 is 0 Å². The van der Waals surface area contributed by atoms with E-state index in [0.29, 0.717) is 37.6 Å². The van der Waals surface area contributed by atoms with Crippen molar-refractivity contribution in [2.45, 2.75) is 24.7 Å². The number of ether oxygens (including phenoxy) is 1. The van der Waals surface area contributed by atoms with Crippen LogP contribution in [0, 0.1) is 6.92 Å². The molecule has 0 N–H and O–H groups in total. The molecule has 156 valence electrons. The lowest BCUT2D eigenvalue weighted by atomic mass is 10.2. The Bertz CT molecular complexity index is 939. The molecule has 29 heavy (non-hydrogen) atoms. The lowest BCUT2D eigenvalue weighted by Crippen LogP contribution is -2.50. The molecule has 0 aromatic heterocycles. The van der Waals surface area contributed by atoms with Crippen molar-refractivity contribution in [2.24, 2.45) is 0 Å². The molecule has 1 aliphatic rings. The SMILES string of the molecule is Cc1ccccc1OCCCC(=O)N1CCN(S(=O)(=O)c2ccc(Cl)cc2)CC1. The molecule has 6 nitrogen and oxygen atoms in total. The van der Waals surface area contributed by atoms with Crippen molar-refractivity contribution < 1.29 is 17.9 Å². The molecule has 0 saturated carbocycles. The average Bonchev–Trinajstić information content (AvgIpc) is 2.72. The fourth-order valence-corrected chi connectivity index (χ4v) is 4.76. The van der Waals surface area contributed by atoms with Gasteiger partial charge in [0.2, 0.25) is 15.9 Å². The zero-order valence-electron chi connectivity index (χ0n) is 16.4. The van der Waals surface area contributed by atoms with Crippen molar-refractivity contribution in [2.75, 3.05) is 32.8 Å². The average molecular weight is 437 g/mol. The van der Waals surface area contributed by atoms with E-state index in [4.69, 9.17) is 16.3 Å². The smallest absolute Gasteiger partial charge is 0.243 e. The molecule has 2 aromatic carbocycles. The molecular weight excluding hydrogens is 412 g/mol. The van der Waals surface area contributed by atoms with Gasteiger partial charge in [-0.2, -0.15) is 4.31 Å². The van der Waals surface area contributed by atoms with E-state index in [1.807, 2.05) is 31.2 Å². The molecule has 1 heterocycles. The molecule has 1 amide bonds. The maximum Gasteiger partial charge on any atom is 0.243 e. The minimum Gasteiger partial charge on any atom is -0.493 e. The number of carbonyl (C=O) groups excluding carboxylic acids is 1. The van der Waals surface area contributed by atoms with Gasteiger partial charge in [0.15, 0.2) is 0 Å². The number of benzene rings is 2. The topological polar surface area (TPSA) is 66.9 Å². The first-order chi connectivity index (χ1) is 13.9. The molecule has 3 rings (SSSR count). The van der Waals surface area contributed by atoms with Crippen LogP contribution in [-0.2, 0) is 14.8 Å². The second kappa shape index (κ2) is 9.61. The molecule has 0 aliphatic carbocycles. The maximum atomic E-state index is 12.7. The summed E-state index contributed by atoms with van der Waals surface area (Å²) < 4.78 is 32.6. The number of sulfonamides is 1. The van der Waals surface area contributed by atoms with Gasteiger partial charge in [0.1, 0.15) is 5.75 Å². The van der Waals surface area contributed by atoms with Crippen LogP contribution in [0.5, 0.6) is 5.75 Å². The highest BCUT2D eigenvalue weighted by atomic mass is 35.5. The Kier molecular flexibility index (Phi) is 7.16. The first-order valence-corrected chi connectivity index (χ1v) is 11.4. The van der Waals surface area contributed by atoms with Gasteiger partial charge in [-0.3, -0.25) is 4.79 Å². The van der Waals surface area contributed by atoms with E-state index in [0.717, 1.165) is 11.3 Å². The summed E-state index contributed by atoms with van der Waals surface area (Å²) >= 11 is 5.83. The summed E-state index contributed by atoms with van der Waals surface area (Å²) in [5.41, 5.74) is 1.07. The Morgan fingerprint density at radius 1 is 1.03 bits per heavy atom. The Hall–Kier alpha value is -2.09. The number of halogens is 1. The Balaban J connectivity index is 1.44. The van der Waals surface area contributed by atoms with Crippen LogP contribution in [0.25, 0.3) is 0 Å². The number of nitrogens with zero attached hydrogens (tertiary/aromatic N) is 2. The number of aryl methyl sites for hydroxylation is 1. The third kappa shape index (κ3) is 5.50. The molecule has 0 spiro atoms. The highest BCUT2D eigenvalue weighted by Gasteiger charge is 2.29. The van der Waals surface area contributed by atoms with Gasteiger partial charge in [0.25, 0.3) is 0 Å². The highest BCUT2D eigenvalue weighted by molar-refractivity contribution is 7.89. The summed E-state index contributed by atoms with van der Waals surface area (Å²) in [7, 11) is -3.57. The van der Waals surface area contributed by atoms with Crippen molar-refractivity contribution in [3.63, 3.8) is 0 Å². The van der Waals surface area contributed by atoms with Crippen LogP contribution < -0.4 is 4.74 Å². The molecule has 0 bridgehead atoms. The number of para-hydroxylation sites is 1. The molecule has 1 aliphatic heterocycles. The van der Waals surface area contributed by atoms with E-state index in [1.54, 1.807) is 17.0 Å². The second-order valence-corrected chi connectivity index (χ2v) is 9.33. The van der Waals surface area contributed by atoms with Gasteiger partial charge in [-0.15, -0.1) is 0 Å². The fourth-order valence-electron chi connectivity index (χ4n) is 3.22. The Labute approximate surface area is 177 Å². The number of hydrogen-bond donors (Lipinski definition) is 0. The van der Waals surface area contributed by atoms with Crippen LogP contribution in [0.4, 0.5) is 0 Å². The third-order valence-electron chi connectivity index (χ3n) is 4.93. The first-order valence-electron chi connectivity index (χ1n) is 9.60. The highest BCUT2D eigenvalue weighted by Crippen LogP contribution is 2.20. The van der Waals surface area contributed by atoms with Crippen LogP contribution in [-0.4, -0.2) is 56.3 Å². The molecule has 2 aromatic rings. The van der Waals surface area contributed by atoms with Gasteiger partial charge in [0, 0.05) is 37.6 Å². The predicted molar refractivity (Wildman–Crippen MR) is 113 cm³/mol. The quantitative estimate of drug-likeness (QED) is 0.624. The first kappa shape index (κ1) is 21.6. The van der Waals surface area contributed by atoms with Crippen molar-refractivity contribution in [1.29, 1.82) is 0 Å². The molecule has 1 fully saturated rings. The van der Waals surface area contributed by atoms with Crippen molar-refractivity contribution in [3.8, 4) is 5.75 Å². The lowest BCUT2D eigenvalue weighted by molar-refractivity contribution is -0.132. The van der Waals surface area contributed by atoms with Gasteiger partial charge in [0.05, 0.1) is 11.5 Å². The third-order valence-corrected chi connectivity index (χ3v) is 7.09. The molecule has 0 radical (unpaired) electrons. The van der Waals surface area contributed by atoms with Crippen LogP contribution in [0.3, 0.4) is 0 Å². The Morgan fingerprint density at radius 3 is 2.34 bits per heavy atom. The molecule has 0 atom stereocenters. The molecule has 1 saturated heterocycles. The standard InChI is InChI=1S/C21H25ClN2O4S/c1-17-5-2-3-6-20(17)28-16-4-7-21(25)23-12-14-24(15-13-23)29(26,27)19-10-8-18(22)9-11-19/h2-3,5-6,8-11H,4,7,12-16H2,1H3. The predicted octanol–water partition coefficient (Wildman–Crippen LogP) is 3.34. The number of carbonyl (C=O) groups is 1. The van der Waals surface area contributed by atoms with E-state index in [1.165, 1.54) is 16.4 Å². The van der Waals surface area contributed by atoms with E-state index in [2.05, 4.69) is 0 Å². The van der Waals surface area contributed by atoms with Crippen LogP contribution in [0.2, 0.25) is 5.02 Å². The summed E-state index contributed by atoms with van der Waals surface area (Å²) in [4.78, 5) is 14.4. The van der Waals surface area contributed by atoms with Gasteiger partial charge in [-0.1, -0.05) is 29.8 Å². The van der Waals surface area contributed by atoms with E-state index < -0.39 is 10.0 Å². The number of amides is 1. The van der Waals surface area contributed by atoms with Gasteiger partial charge in [-0.05, 0) is 49.2 Å². The van der Waals surface area contributed by atoms with Crippen molar-refractivity contribution in [3.05, 3.63) is 59.1 Å². The van der Waals surface area contributed by atoms with E-state index in [9.17, 15) is 13.2 Å². The number of rotatable bonds is 7. The van der Waals surface area contributed by atoms with E-state index >= 15 is 0 Å². The van der Waals surface area contributed by atoms with Gasteiger partial charge in [-0.25, -0.2) is 8.42 Å². The lowest BCUT2D eigenvalue weighted by Gasteiger charge is -2.34. The zero-order valence-corrected chi connectivity index (χ0v) is 18.0. The van der Waals surface area contributed by atoms with Crippen LogP contribution in [0.15, 0.2) is 53.4 Å².